The number of hydrazine groups is 1. The van der Waals surface area contributed by atoms with E-state index >= 15 is 0 Å². The molecular weight excluding hydrogens is 190 g/mol. The number of carbonyl (C=O) groups is 1. The van der Waals surface area contributed by atoms with Crippen LogP contribution in [0.1, 0.15) is 0 Å². The monoisotopic (exact) mass is 201 g/mol. The topological polar surface area (TPSA) is 59.6 Å². The lowest BCUT2D eigenvalue weighted by molar-refractivity contribution is 0.196. The Balaban J connectivity index is 2.22. The summed E-state index contributed by atoms with van der Waals surface area (Å²) in [5.41, 5.74) is 5.73. The van der Waals surface area contributed by atoms with Gasteiger partial charge in [0.2, 0.25) is 0 Å². The number of nitrogens with zero attached hydrogens (tertiary/aromatic N) is 2. The molecule has 0 aromatic heterocycles. The zero-order chi connectivity index (χ0) is 9.59. The Labute approximate surface area is 81.2 Å². The predicted molar refractivity (Wildman–Crippen MR) is 50.5 cm³/mol. The van der Waals surface area contributed by atoms with Crippen molar-refractivity contribution in [1.82, 2.24) is 26.0 Å². The van der Waals surface area contributed by atoms with E-state index in [-0.39, 0.29) is 18.4 Å². The van der Waals surface area contributed by atoms with Gasteiger partial charge in [-0.25, -0.2) is 10.2 Å². The second-order valence-electron chi connectivity index (χ2n) is 3.14. The molecule has 6 nitrogen and oxygen atoms in total. The van der Waals surface area contributed by atoms with E-state index in [1.165, 1.54) is 0 Å². The summed E-state index contributed by atoms with van der Waals surface area (Å²) in [5.74, 6) is 0. The molecule has 72 valence electrons. The van der Waals surface area contributed by atoms with Crippen LogP contribution in [0.5, 0.6) is 0 Å². The van der Waals surface area contributed by atoms with Crippen molar-refractivity contribution in [1.29, 1.82) is 0 Å². The number of fused-ring (bicyclic) bond motifs is 1. The second kappa shape index (κ2) is 2.71. The summed E-state index contributed by atoms with van der Waals surface area (Å²) in [6.07, 6.45) is -0.171. The lowest BCUT2D eigenvalue weighted by Crippen LogP contribution is -2.67. The summed E-state index contributed by atoms with van der Waals surface area (Å²) < 4.78 is 0. The van der Waals surface area contributed by atoms with Crippen molar-refractivity contribution in [3.63, 3.8) is 0 Å². The molecule has 2 rings (SSSR count). The number of nitrogens with one attached hydrogen (secondary N) is 3. The van der Waals surface area contributed by atoms with Gasteiger partial charge in [0.15, 0.2) is 5.11 Å². The molecule has 0 radical (unpaired) electrons. The molecule has 2 aliphatic heterocycles. The van der Waals surface area contributed by atoms with Gasteiger partial charge >= 0.3 is 6.03 Å². The van der Waals surface area contributed by atoms with Crippen LogP contribution in [0.2, 0.25) is 0 Å². The lowest BCUT2D eigenvalue weighted by atomic mass is 10.3. The smallest absolute Gasteiger partial charge is 0.322 e. The van der Waals surface area contributed by atoms with E-state index in [2.05, 4.69) is 16.2 Å². The van der Waals surface area contributed by atoms with Crippen molar-refractivity contribution in [2.45, 2.75) is 12.3 Å². The van der Waals surface area contributed by atoms with Crippen LogP contribution in [0.4, 0.5) is 4.79 Å². The van der Waals surface area contributed by atoms with Gasteiger partial charge in [-0.3, -0.25) is 5.43 Å². The van der Waals surface area contributed by atoms with Crippen LogP contribution in [-0.2, 0) is 0 Å². The van der Waals surface area contributed by atoms with Gasteiger partial charge in [-0.2, -0.15) is 0 Å². The van der Waals surface area contributed by atoms with E-state index in [9.17, 15) is 4.79 Å². The average Bonchev–Trinajstić information content (AvgIpc) is 2.32. The van der Waals surface area contributed by atoms with Gasteiger partial charge in [-0.05, 0) is 12.2 Å². The molecule has 0 saturated carbocycles. The third kappa shape index (κ3) is 1.11. The Bertz CT molecular complexity index is 270. The lowest BCUT2D eigenvalue weighted by Gasteiger charge is -2.33. The highest BCUT2D eigenvalue weighted by Crippen LogP contribution is 2.16. The maximum atomic E-state index is 11.5. The number of hydrogen-bond acceptors (Lipinski definition) is 3. The molecule has 0 aromatic carbocycles. The Kier molecular flexibility index (Phi) is 1.77. The van der Waals surface area contributed by atoms with Crippen molar-refractivity contribution >= 4 is 23.4 Å². The number of urea groups is 1. The zero-order valence-corrected chi connectivity index (χ0v) is 8.18. The van der Waals surface area contributed by atoms with E-state index in [1.54, 1.807) is 23.9 Å². The van der Waals surface area contributed by atoms with Gasteiger partial charge in [0.1, 0.15) is 12.3 Å². The first-order chi connectivity index (χ1) is 6.11. The highest BCUT2D eigenvalue weighted by atomic mass is 32.1. The van der Waals surface area contributed by atoms with Crippen molar-refractivity contribution < 1.29 is 4.79 Å². The van der Waals surface area contributed by atoms with Crippen LogP contribution in [0.3, 0.4) is 0 Å². The maximum Gasteiger partial charge on any atom is 0.322 e. The number of thiocarbonyl (C=S) groups is 1. The minimum atomic E-state index is -0.0914. The van der Waals surface area contributed by atoms with Gasteiger partial charge in [0.25, 0.3) is 0 Å². The molecule has 0 unspecified atom stereocenters. The molecular formula is C6H11N5OS. The Morgan fingerprint density at radius 1 is 1.31 bits per heavy atom. The normalized spacial score (nSPS) is 32.8. The summed E-state index contributed by atoms with van der Waals surface area (Å²) in [5, 5.41) is 3.52. The Morgan fingerprint density at radius 3 is 2.62 bits per heavy atom. The average molecular weight is 201 g/mol. The van der Waals surface area contributed by atoms with Gasteiger partial charge in [-0.15, -0.1) is 0 Å². The third-order valence-corrected chi connectivity index (χ3v) is 2.57. The van der Waals surface area contributed by atoms with Gasteiger partial charge in [0.05, 0.1) is 0 Å². The van der Waals surface area contributed by atoms with E-state index in [0.717, 1.165) is 0 Å². The first-order valence-electron chi connectivity index (χ1n) is 3.93. The predicted octanol–water partition coefficient (Wildman–Crippen LogP) is -1.38. The van der Waals surface area contributed by atoms with Gasteiger partial charge < -0.3 is 15.1 Å². The largest absolute Gasteiger partial charge is 0.338 e. The van der Waals surface area contributed by atoms with E-state index in [0.29, 0.717) is 5.11 Å². The number of carbonyl (C=O) groups excluding carboxylic acids is 1. The van der Waals surface area contributed by atoms with Crippen LogP contribution in [0.25, 0.3) is 0 Å². The van der Waals surface area contributed by atoms with E-state index in [4.69, 9.17) is 12.2 Å². The summed E-state index contributed by atoms with van der Waals surface area (Å²) in [6.45, 7) is 0. The number of rotatable bonds is 0. The van der Waals surface area contributed by atoms with E-state index in [1.807, 2.05) is 0 Å². The van der Waals surface area contributed by atoms with Crippen molar-refractivity contribution in [3.05, 3.63) is 0 Å². The zero-order valence-electron chi connectivity index (χ0n) is 7.37. The highest BCUT2D eigenvalue weighted by molar-refractivity contribution is 7.80. The van der Waals surface area contributed by atoms with Crippen LogP contribution in [-0.4, -0.2) is 47.4 Å². The molecule has 2 amide bonds. The third-order valence-electron chi connectivity index (χ3n) is 2.35. The van der Waals surface area contributed by atoms with Crippen molar-refractivity contribution in [2.24, 2.45) is 0 Å². The Morgan fingerprint density at radius 2 is 1.92 bits per heavy atom. The molecule has 0 bridgehead atoms. The van der Waals surface area contributed by atoms with Crippen LogP contribution >= 0.6 is 12.2 Å². The Hall–Kier alpha value is -1.08. The molecule has 2 atom stereocenters. The summed E-state index contributed by atoms with van der Waals surface area (Å²) in [6, 6.07) is -0.0264. The first kappa shape index (κ1) is 8.52. The van der Waals surface area contributed by atoms with Crippen LogP contribution < -0.4 is 16.2 Å². The molecule has 2 fully saturated rings. The molecule has 2 heterocycles. The SMILES string of the molecule is CN1C(=O)N(C)[C@H]2NNC(=S)N[C@H]21. The fourth-order valence-corrected chi connectivity index (χ4v) is 1.75. The molecule has 0 aromatic rings. The molecule has 2 saturated heterocycles. The number of amides is 2. The van der Waals surface area contributed by atoms with Crippen molar-refractivity contribution in [3.8, 4) is 0 Å². The van der Waals surface area contributed by atoms with E-state index < -0.39 is 0 Å². The summed E-state index contributed by atoms with van der Waals surface area (Å²) in [7, 11) is 3.49. The van der Waals surface area contributed by atoms with Crippen LogP contribution in [0.15, 0.2) is 0 Å². The minimum Gasteiger partial charge on any atom is -0.338 e. The molecule has 3 N–H and O–H groups in total. The quantitative estimate of drug-likeness (QED) is 0.422. The summed E-state index contributed by atoms with van der Waals surface area (Å²) in [4.78, 5) is 14.7. The van der Waals surface area contributed by atoms with Crippen molar-refractivity contribution in [2.75, 3.05) is 14.1 Å². The maximum absolute atomic E-state index is 11.5. The fourth-order valence-electron chi connectivity index (χ4n) is 1.57. The number of likely N-dealkylation sites (N-methyl/N-ethyl adjacent to an activating group) is 2. The molecule has 2 aliphatic rings. The molecule has 0 spiro atoms. The second-order valence-corrected chi connectivity index (χ2v) is 3.55. The number of hydrogen-bond donors (Lipinski definition) is 3. The molecule has 0 aliphatic carbocycles. The standard InChI is InChI=1S/C6H11N5OS/c1-10-3-4(11(2)6(10)12)8-9-5(13)7-3/h3-4,8H,1-2H3,(H2,7,9,13)/t3-,4+/m0/s1. The minimum absolute atomic E-state index is 0.0264. The molecule has 13 heavy (non-hydrogen) atoms. The van der Waals surface area contributed by atoms with Crippen LogP contribution in [0, 0.1) is 0 Å². The molecule has 7 heteroatoms. The van der Waals surface area contributed by atoms with Gasteiger partial charge in [0, 0.05) is 14.1 Å². The first-order valence-corrected chi connectivity index (χ1v) is 4.34. The highest BCUT2D eigenvalue weighted by Gasteiger charge is 2.44. The summed E-state index contributed by atoms with van der Waals surface area (Å²) >= 11 is 4.92. The van der Waals surface area contributed by atoms with Gasteiger partial charge in [-0.1, -0.05) is 0 Å². The fraction of sp³-hybridized carbons (Fsp3) is 0.667.